The molecule has 96 valence electrons. The Hall–Kier alpha value is -2.77. The van der Waals surface area contributed by atoms with Gasteiger partial charge in [0, 0.05) is 6.20 Å². The standard InChI is InChI=1S/C11H7ClN4O3/c1-19-11-3-10(16(17)18)8(12)2-9(11)15-6-7(4-13)5-14/h2-3,6,15H,1H3. The van der Waals surface area contributed by atoms with Crippen LogP contribution in [0.4, 0.5) is 11.4 Å². The molecule has 0 unspecified atom stereocenters. The van der Waals surface area contributed by atoms with Crippen LogP contribution in [0.25, 0.3) is 0 Å². The number of hydrogen-bond acceptors (Lipinski definition) is 6. The number of nitriles is 2. The number of ether oxygens (including phenoxy) is 1. The molecule has 0 radical (unpaired) electrons. The van der Waals surface area contributed by atoms with Crippen molar-refractivity contribution in [1.82, 2.24) is 0 Å². The predicted octanol–water partition coefficient (Wildman–Crippen LogP) is 2.60. The molecule has 1 aromatic carbocycles. The van der Waals surface area contributed by atoms with Gasteiger partial charge in [0.05, 0.1) is 23.8 Å². The first-order valence-corrected chi connectivity index (χ1v) is 5.20. The summed E-state index contributed by atoms with van der Waals surface area (Å²) in [5, 5.41) is 30.4. The van der Waals surface area contributed by atoms with Crippen molar-refractivity contribution in [1.29, 1.82) is 10.5 Å². The maximum atomic E-state index is 10.7. The second kappa shape index (κ2) is 6.24. The van der Waals surface area contributed by atoms with Crippen molar-refractivity contribution in [3.63, 3.8) is 0 Å². The van der Waals surface area contributed by atoms with Crippen LogP contribution < -0.4 is 10.1 Å². The number of nitrogens with zero attached hydrogens (tertiary/aromatic N) is 3. The molecule has 0 amide bonds. The molecule has 0 aliphatic carbocycles. The highest BCUT2D eigenvalue weighted by atomic mass is 35.5. The van der Waals surface area contributed by atoms with E-state index in [0.717, 1.165) is 12.3 Å². The average Bonchev–Trinajstić information content (AvgIpc) is 2.39. The van der Waals surface area contributed by atoms with Gasteiger partial charge in [-0.1, -0.05) is 11.6 Å². The number of anilines is 1. The number of nitrogens with one attached hydrogen (secondary N) is 1. The lowest BCUT2D eigenvalue weighted by Crippen LogP contribution is -1.97. The highest BCUT2D eigenvalue weighted by Crippen LogP contribution is 2.35. The molecule has 0 saturated heterocycles. The fraction of sp³-hybridized carbons (Fsp3) is 0.0909. The molecule has 1 aromatic rings. The molecule has 1 N–H and O–H groups in total. The molecule has 0 aromatic heterocycles. The minimum atomic E-state index is -0.638. The Labute approximate surface area is 113 Å². The van der Waals surface area contributed by atoms with E-state index in [0.29, 0.717) is 5.69 Å². The zero-order chi connectivity index (χ0) is 14.4. The van der Waals surface area contributed by atoms with E-state index in [1.165, 1.54) is 13.2 Å². The summed E-state index contributed by atoms with van der Waals surface area (Å²) in [5.41, 5.74) is -0.147. The molecular weight excluding hydrogens is 272 g/mol. The number of benzene rings is 1. The number of methoxy groups -OCH3 is 1. The summed E-state index contributed by atoms with van der Waals surface area (Å²) in [6.45, 7) is 0. The third kappa shape index (κ3) is 3.35. The van der Waals surface area contributed by atoms with Crippen LogP contribution in [0.15, 0.2) is 23.9 Å². The molecule has 8 heteroatoms. The predicted molar refractivity (Wildman–Crippen MR) is 67.6 cm³/mol. The molecule has 0 saturated carbocycles. The smallest absolute Gasteiger partial charge is 0.291 e. The lowest BCUT2D eigenvalue weighted by atomic mass is 10.2. The fourth-order valence-corrected chi connectivity index (χ4v) is 1.44. The summed E-state index contributed by atoms with van der Waals surface area (Å²) in [6.07, 6.45) is 1.15. The second-order valence-electron chi connectivity index (χ2n) is 3.19. The SMILES string of the molecule is COc1cc([N+](=O)[O-])c(Cl)cc1NC=C(C#N)C#N. The van der Waals surface area contributed by atoms with Crippen LogP contribution in [0, 0.1) is 32.8 Å². The number of nitro groups is 1. The van der Waals surface area contributed by atoms with Crippen molar-refractivity contribution in [2.75, 3.05) is 12.4 Å². The minimum Gasteiger partial charge on any atom is -0.494 e. The summed E-state index contributed by atoms with van der Waals surface area (Å²) in [6, 6.07) is 5.75. The summed E-state index contributed by atoms with van der Waals surface area (Å²) >= 11 is 5.75. The quantitative estimate of drug-likeness (QED) is 0.514. The molecule has 0 fully saturated rings. The molecule has 0 spiro atoms. The second-order valence-corrected chi connectivity index (χ2v) is 3.59. The zero-order valence-corrected chi connectivity index (χ0v) is 10.4. The molecule has 0 atom stereocenters. The zero-order valence-electron chi connectivity index (χ0n) is 9.68. The van der Waals surface area contributed by atoms with E-state index >= 15 is 0 Å². The molecule has 0 aliphatic rings. The topological polar surface area (TPSA) is 112 Å². The van der Waals surface area contributed by atoms with Crippen molar-refractivity contribution >= 4 is 23.0 Å². The largest absolute Gasteiger partial charge is 0.494 e. The highest BCUT2D eigenvalue weighted by molar-refractivity contribution is 6.33. The molecular formula is C11H7ClN4O3. The third-order valence-corrected chi connectivity index (χ3v) is 2.38. The van der Waals surface area contributed by atoms with Gasteiger partial charge in [-0.2, -0.15) is 10.5 Å². The summed E-state index contributed by atoms with van der Waals surface area (Å²) in [4.78, 5) is 10.1. The molecule has 0 bridgehead atoms. The van der Waals surface area contributed by atoms with Gasteiger partial charge in [-0.15, -0.1) is 0 Å². The number of halogens is 1. The van der Waals surface area contributed by atoms with Crippen molar-refractivity contribution in [2.24, 2.45) is 0 Å². The van der Waals surface area contributed by atoms with Crippen LogP contribution in [-0.4, -0.2) is 12.0 Å². The Balaban J connectivity index is 3.20. The molecule has 1 rings (SSSR count). The van der Waals surface area contributed by atoms with E-state index in [2.05, 4.69) is 5.32 Å². The van der Waals surface area contributed by atoms with Crippen LogP contribution >= 0.6 is 11.6 Å². The van der Waals surface area contributed by atoms with Crippen molar-refractivity contribution < 1.29 is 9.66 Å². The maximum absolute atomic E-state index is 10.7. The van der Waals surface area contributed by atoms with Crippen molar-refractivity contribution in [3.8, 4) is 17.9 Å². The van der Waals surface area contributed by atoms with Gasteiger partial charge in [-0.25, -0.2) is 0 Å². The van der Waals surface area contributed by atoms with E-state index in [1.54, 1.807) is 12.1 Å². The average molecular weight is 279 g/mol. The van der Waals surface area contributed by atoms with Crippen LogP contribution in [0.2, 0.25) is 5.02 Å². The molecule has 19 heavy (non-hydrogen) atoms. The first kappa shape index (κ1) is 14.3. The van der Waals surface area contributed by atoms with Gasteiger partial charge in [0.1, 0.15) is 28.5 Å². The number of allylic oxidation sites excluding steroid dienone is 1. The fourth-order valence-electron chi connectivity index (χ4n) is 1.20. The van der Waals surface area contributed by atoms with Gasteiger partial charge in [0.25, 0.3) is 5.69 Å². The molecule has 7 nitrogen and oxygen atoms in total. The molecule has 0 aliphatic heterocycles. The van der Waals surface area contributed by atoms with Gasteiger partial charge in [0.2, 0.25) is 0 Å². The van der Waals surface area contributed by atoms with Gasteiger partial charge in [0.15, 0.2) is 0 Å². The third-order valence-electron chi connectivity index (χ3n) is 2.08. The Morgan fingerprint density at radius 1 is 1.53 bits per heavy atom. The lowest BCUT2D eigenvalue weighted by Gasteiger charge is -2.08. The Morgan fingerprint density at radius 2 is 2.16 bits per heavy atom. The van der Waals surface area contributed by atoms with Crippen LogP contribution in [0.3, 0.4) is 0 Å². The van der Waals surface area contributed by atoms with Crippen molar-refractivity contribution in [3.05, 3.63) is 39.0 Å². The normalized spacial score (nSPS) is 8.84. The summed E-state index contributed by atoms with van der Waals surface area (Å²) in [7, 11) is 1.33. The van der Waals surface area contributed by atoms with Crippen LogP contribution in [0.1, 0.15) is 0 Å². The number of nitro benzene ring substituents is 1. The first-order chi connectivity index (χ1) is 9.03. The first-order valence-electron chi connectivity index (χ1n) is 4.82. The Morgan fingerprint density at radius 3 is 2.63 bits per heavy atom. The number of rotatable bonds is 4. The minimum absolute atomic E-state index is 0.0860. The van der Waals surface area contributed by atoms with Crippen LogP contribution in [-0.2, 0) is 0 Å². The van der Waals surface area contributed by atoms with Gasteiger partial charge in [-0.05, 0) is 6.07 Å². The van der Waals surface area contributed by atoms with Crippen molar-refractivity contribution in [2.45, 2.75) is 0 Å². The monoisotopic (exact) mass is 278 g/mol. The summed E-state index contributed by atoms with van der Waals surface area (Å²) < 4.78 is 4.97. The van der Waals surface area contributed by atoms with E-state index in [9.17, 15) is 10.1 Å². The van der Waals surface area contributed by atoms with E-state index in [-0.39, 0.29) is 22.0 Å². The van der Waals surface area contributed by atoms with Crippen LogP contribution in [0.5, 0.6) is 5.75 Å². The number of hydrogen-bond donors (Lipinski definition) is 1. The molecule has 0 heterocycles. The summed E-state index contributed by atoms with van der Waals surface area (Å²) in [5.74, 6) is 0.169. The Kier molecular flexibility index (Phi) is 4.69. The van der Waals surface area contributed by atoms with E-state index < -0.39 is 4.92 Å². The van der Waals surface area contributed by atoms with Gasteiger partial charge >= 0.3 is 0 Å². The van der Waals surface area contributed by atoms with Gasteiger partial charge < -0.3 is 10.1 Å². The highest BCUT2D eigenvalue weighted by Gasteiger charge is 2.17. The van der Waals surface area contributed by atoms with Gasteiger partial charge in [-0.3, -0.25) is 10.1 Å². The van der Waals surface area contributed by atoms with E-state index in [1.807, 2.05) is 0 Å². The Bertz CT molecular complexity index is 612. The maximum Gasteiger partial charge on any atom is 0.291 e. The lowest BCUT2D eigenvalue weighted by molar-refractivity contribution is -0.384. The van der Waals surface area contributed by atoms with E-state index in [4.69, 9.17) is 26.9 Å².